The Morgan fingerprint density at radius 1 is 1.31 bits per heavy atom. The summed E-state index contributed by atoms with van der Waals surface area (Å²) in [7, 11) is 2.09. The Bertz CT molecular complexity index is 275. The fourth-order valence-electron chi connectivity index (χ4n) is 4.03. The molecular formula is C11H19NO. The lowest BCUT2D eigenvalue weighted by molar-refractivity contribution is 0.0701. The van der Waals surface area contributed by atoms with E-state index in [0.717, 1.165) is 5.92 Å². The summed E-state index contributed by atoms with van der Waals surface area (Å²) in [5.41, 5.74) is 0.983. The summed E-state index contributed by atoms with van der Waals surface area (Å²) in [6.07, 6.45) is 4.00. The highest BCUT2D eigenvalue weighted by Gasteiger charge is 2.78. The maximum atomic E-state index is 5.77. The van der Waals surface area contributed by atoms with Crippen LogP contribution in [-0.2, 0) is 4.84 Å². The van der Waals surface area contributed by atoms with Crippen LogP contribution in [0.2, 0.25) is 0 Å². The molecule has 0 radical (unpaired) electrons. The molecule has 2 saturated carbocycles. The van der Waals surface area contributed by atoms with E-state index in [0.29, 0.717) is 10.8 Å². The molecule has 0 aromatic carbocycles. The fourth-order valence-corrected chi connectivity index (χ4v) is 4.03. The Kier molecular flexibility index (Phi) is 1.16. The van der Waals surface area contributed by atoms with Gasteiger partial charge in [-0.15, -0.1) is 0 Å². The van der Waals surface area contributed by atoms with Crippen molar-refractivity contribution in [1.82, 2.24) is 5.06 Å². The average Bonchev–Trinajstić information content (AvgIpc) is 2.58. The Morgan fingerprint density at radius 3 is 2.15 bits per heavy atom. The molecule has 3 fully saturated rings. The minimum atomic E-state index is 0.124. The van der Waals surface area contributed by atoms with Gasteiger partial charge >= 0.3 is 0 Å². The van der Waals surface area contributed by atoms with E-state index in [1.165, 1.54) is 19.3 Å². The largest absolute Gasteiger partial charge is 0.271 e. The first kappa shape index (κ1) is 8.25. The second-order valence-corrected chi connectivity index (χ2v) is 5.87. The standard InChI is InChI=1S/C11H19NO/c1-9(2)8-5-6-10(9,3)11(7-8)12(4)13-11/h8H,5-7H2,1-4H3. The van der Waals surface area contributed by atoms with Gasteiger partial charge in [-0.25, -0.2) is 0 Å². The predicted molar refractivity (Wildman–Crippen MR) is 50.8 cm³/mol. The Balaban J connectivity index is 2.09. The molecule has 2 bridgehead atoms. The van der Waals surface area contributed by atoms with Gasteiger partial charge in [-0.1, -0.05) is 20.8 Å². The molecular weight excluding hydrogens is 162 g/mol. The molecule has 0 aromatic heterocycles. The van der Waals surface area contributed by atoms with Crippen molar-refractivity contribution in [2.24, 2.45) is 16.7 Å². The highest BCUT2D eigenvalue weighted by atomic mass is 16.9. The van der Waals surface area contributed by atoms with Gasteiger partial charge in [0.25, 0.3) is 0 Å². The van der Waals surface area contributed by atoms with Crippen LogP contribution in [0.25, 0.3) is 0 Å². The van der Waals surface area contributed by atoms with E-state index in [4.69, 9.17) is 4.84 Å². The molecule has 0 aromatic rings. The summed E-state index contributed by atoms with van der Waals surface area (Å²) in [6, 6.07) is 0. The third-order valence-corrected chi connectivity index (χ3v) is 5.58. The van der Waals surface area contributed by atoms with Crippen LogP contribution in [0.15, 0.2) is 0 Å². The molecule has 2 aliphatic carbocycles. The van der Waals surface area contributed by atoms with E-state index < -0.39 is 0 Å². The number of hydrogen-bond donors (Lipinski definition) is 0. The zero-order valence-electron chi connectivity index (χ0n) is 9.05. The second-order valence-electron chi connectivity index (χ2n) is 5.87. The van der Waals surface area contributed by atoms with Crippen LogP contribution in [0.1, 0.15) is 40.0 Å². The Labute approximate surface area is 80.2 Å². The lowest BCUT2D eigenvalue weighted by Crippen LogP contribution is -2.40. The molecule has 1 spiro atoms. The molecule has 13 heavy (non-hydrogen) atoms. The monoisotopic (exact) mass is 181 g/mol. The SMILES string of the molecule is CN1OC12CC1CCC2(C)C1(C)C. The molecule has 1 heterocycles. The molecule has 4 atom stereocenters. The van der Waals surface area contributed by atoms with Gasteiger partial charge in [0.1, 0.15) is 0 Å². The third-order valence-electron chi connectivity index (χ3n) is 5.58. The molecule has 4 unspecified atom stereocenters. The van der Waals surface area contributed by atoms with Crippen LogP contribution in [0, 0.1) is 16.7 Å². The molecule has 0 amide bonds. The minimum absolute atomic E-state index is 0.124. The summed E-state index contributed by atoms with van der Waals surface area (Å²) in [4.78, 5) is 5.77. The van der Waals surface area contributed by atoms with Gasteiger partial charge in [-0.05, 0) is 30.6 Å². The topological polar surface area (TPSA) is 15.5 Å². The first-order valence-corrected chi connectivity index (χ1v) is 5.37. The number of hydroxylamine groups is 2. The molecule has 0 N–H and O–H groups in total. The number of hydrogen-bond acceptors (Lipinski definition) is 2. The smallest absolute Gasteiger partial charge is 0.170 e. The summed E-state index contributed by atoms with van der Waals surface area (Å²) in [5.74, 6) is 0.877. The van der Waals surface area contributed by atoms with E-state index in [1.54, 1.807) is 0 Å². The maximum absolute atomic E-state index is 5.77. The first-order chi connectivity index (χ1) is 5.94. The minimum Gasteiger partial charge on any atom is -0.271 e. The van der Waals surface area contributed by atoms with Gasteiger partial charge in [-0.3, -0.25) is 4.84 Å². The number of nitrogens with zero attached hydrogens (tertiary/aromatic N) is 1. The van der Waals surface area contributed by atoms with Gasteiger partial charge in [0, 0.05) is 12.5 Å². The zero-order chi connectivity index (χ0) is 9.48. The lowest BCUT2D eigenvalue weighted by atomic mass is 9.68. The van der Waals surface area contributed by atoms with E-state index in [-0.39, 0.29) is 5.72 Å². The number of fused-ring (bicyclic) bond motifs is 3. The highest BCUT2D eigenvalue weighted by molar-refractivity contribution is 5.20. The summed E-state index contributed by atoms with van der Waals surface area (Å²) in [5, 5.41) is 2.09. The van der Waals surface area contributed by atoms with Gasteiger partial charge in [0.15, 0.2) is 5.72 Å². The van der Waals surface area contributed by atoms with E-state index in [9.17, 15) is 0 Å². The van der Waals surface area contributed by atoms with E-state index >= 15 is 0 Å². The van der Waals surface area contributed by atoms with Crippen LogP contribution in [0.4, 0.5) is 0 Å². The predicted octanol–water partition coefficient (Wildman–Crippen LogP) is 2.41. The zero-order valence-corrected chi connectivity index (χ0v) is 9.05. The van der Waals surface area contributed by atoms with E-state index in [2.05, 4.69) is 32.9 Å². The Morgan fingerprint density at radius 2 is 1.92 bits per heavy atom. The highest BCUT2D eigenvalue weighted by Crippen LogP contribution is 2.75. The van der Waals surface area contributed by atoms with Gasteiger partial charge < -0.3 is 0 Å². The molecule has 74 valence electrons. The van der Waals surface area contributed by atoms with Crippen LogP contribution >= 0.6 is 0 Å². The van der Waals surface area contributed by atoms with Crippen molar-refractivity contribution in [3.8, 4) is 0 Å². The first-order valence-electron chi connectivity index (χ1n) is 5.37. The summed E-state index contributed by atoms with van der Waals surface area (Å²) >= 11 is 0. The van der Waals surface area contributed by atoms with Crippen molar-refractivity contribution >= 4 is 0 Å². The lowest BCUT2D eigenvalue weighted by Gasteiger charge is -2.36. The Hall–Kier alpha value is -0.0800. The van der Waals surface area contributed by atoms with Crippen LogP contribution in [0.5, 0.6) is 0 Å². The van der Waals surface area contributed by atoms with Gasteiger partial charge in [-0.2, -0.15) is 5.06 Å². The normalized spacial score (nSPS) is 61.8. The second kappa shape index (κ2) is 1.82. The van der Waals surface area contributed by atoms with Crippen molar-refractivity contribution in [3.63, 3.8) is 0 Å². The van der Waals surface area contributed by atoms with Gasteiger partial charge in [0.05, 0.1) is 0 Å². The fraction of sp³-hybridized carbons (Fsp3) is 1.00. The maximum Gasteiger partial charge on any atom is 0.170 e. The summed E-state index contributed by atoms with van der Waals surface area (Å²) in [6.45, 7) is 7.27. The molecule has 3 aliphatic rings. The molecule has 1 saturated heterocycles. The third kappa shape index (κ3) is 0.608. The van der Waals surface area contributed by atoms with Crippen molar-refractivity contribution in [1.29, 1.82) is 0 Å². The van der Waals surface area contributed by atoms with Crippen molar-refractivity contribution in [2.45, 2.75) is 45.8 Å². The van der Waals surface area contributed by atoms with Gasteiger partial charge in [0.2, 0.25) is 0 Å². The molecule has 2 heteroatoms. The van der Waals surface area contributed by atoms with Crippen LogP contribution < -0.4 is 0 Å². The van der Waals surface area contributed by atoms with Crippen molar-refractivity contribution < 1.29 is 4.84 Å². The van der Waals surface area contributed by atoms with Crippen LogP contribution in [0.3, 0.4) is 0 Å². The van der Waals surface area contributed by atoms with Crippen molar-refractivity contribution in [3.05, 3.63) is 0 Å². The quantitative estimate of drug-likeness (QED) is 0.533. The molecule has 1 aliphatic heterocycles. The van der Waals surface area contributed by atoms with Crippen molar-refractivity contribution in [2.75, 3.05) is 7.05 Å². The average molecular weight is 181 g/mol. The van der Waals surface area contributed by atoms with Crippen LogP contribution in [-0.4, -0.2) is 17.8 Å². The molecule has 2 nitrogen and oxygen atoms in total. The van der Waals surface area contributed by atoms with E-state index in [1.807, 2.05) is 0 Å². The molecule has 3 rings (SSSR count). The number of rotatable bonds is 0. The summed E-state index contributed by atoms with van der Waals surface area (Å²) < 4.78 is 0.